The summed E-state index contributed by atoms with van der Waals surface area (Å²) in [6, 6.07) is 0.0205. The minimum atomic E-state index is 0.0205. The summed E-state index contributed by atoms with van der Waals surface area (Å²) in [6.07, 6.45) is 1.11. The number of carbonyl (C=O) groups excluding carboxylic acids is 1. The van der Waals surface area contributed by atoms with Crippen molar-refractivity contribution in [1.82, 2.24) is 10.2 Å². The van der Waals surface area contributed by atoms with Crippen molar-refractivity contribution in [2.24, 2.45) is 17.3 Å². The van der Waals surface area contributed by atoms with Gasteiger partial charge in [-0.15, -0.1) is 0 Å². The third-order valence-corrected chi connectivity index (χ3v) is 4.15. The molecule has 1 aliphatic heterocycles. The van der Waals surface area contributed by atoms with Gasteiger partial charge in [-0.3, -0.25) is 10.1 Å². The molecule has 0 bridgehead atoms. The molecule has 0 radical (unpaired) electrons. The fraction of sp³-hybridized carbons (Fsp3) is 0.933. The van der Waals surface area contributed by atoms with Crippen molar-refractivity contribution in [3.8, 4) is 0 Å². The summed E-state index contributed by atoms with van der Waals surface area (Å²) in [7, 11) is 0. The molecule has 1 heterocycles. The molecule has 1 rings (SSSR count). The van der Waals surface area contributed by atoms with Gasteiger partial charge in [-0.2, -0.15) is 0 Å². The first-order chi connectivity index (χ1) is 8.12. The molecule has 1 amide bonds. The second-order valence-electron chi connectivity index (χ2n) is 7.28. The van der Waals surface area contributed by atoms with Crippen LogP contribution in [0.3, 0.4) is 0 Å². The second-order valence-corrected chi connectivity index (χ2v) is 7.28. The van der Waals surface area contributed by atoms with Crippen LogP contribution in [0.5, 0.6) is 0 Å². The molecular weight excluding hydrogens is 224 g/mol. The fourth-order valence-corrected chi connectivity index (χ4v) is 2.30. The maximum Gasteiger partial charge on any atom is 0.241 e. The van der Waals surface area contributed by atoms with Crippen molar-refractivity contribution in [3.63, 3.8) is 0 Å². The maximum atomic E-state index is 12.4. The number of hydrogen-bond acceptors (Lipinski definition) is 2. The molecule has 3 heteroatoms. The van der Waals surface area contributed by atoms with E-state index in [-0.39, 0.29) is 23.5 Å². The van der Waals surface area contributed by atoms with Gasteiger partial charge in [0.15, 0.2) is 0 Å². The molecule has 3 unspecified atom stereocenters. The molecule has 0 aromatic heterocycles. The van der Waals surface area contributed by atoms with Crippen molar-refractivity contribution in [2.75, 3.05) is 6.54 Å². The number of rotatable bonds is 4. The van der Waals surface area contributed by atoms with Gasteiger partial charge >= 0.3 is 0 Å². The zero-order valence-electron chi connectivity index (χ0n) is 13.1. The molecular formula is C15H30N2O. The Morgan fingerprint density at radius 2 is 1.83 bits per heavy atom. The molecule has 0 saturated carbocycles. The average molecular weight is 254 g/mol. The summed E-state index contributed by atoms with van der Waals surface area (Å²) in [5.41, 5.74) is 0.246. The highest BCUT2D eigenvalue weighted by molar-refractivity contribution is 5.84. The summed E-state index contributed by atoms with van der Waals surface area (Å²) in [5.74, 6) is 1.34. The Bertz CT molecular complexity index is 293. The molecule has 106 valence electrons. The van der Waals surface area contributed by atoms with Crippen LogP contribution in [0.25, 0.3) is 0 Å². The van der Waals surface area contributed by atoms with E-state index in [2.05, 4.69) is 53.8 Å². The van der Waals surface area contributed by atoms with Crippen molar-refractivity contribution < 1.29 is 4.79 Å². The Kier molecular flexibility index (Phi) is 4.82. The zero-order valence-corrected chi connectivity index (χ0v) is 13.1. The van der Waals surface area contributed by atoms with Crippen LogP contribution in [0.2, 0.25) is 0 Å². The van der Waals surface area contributed by atoms with E-state index in [0.717, 1.165) is 13.0 Å². The molecule has 3 atom stereocenters. The van der Waals surface area contributed by atoms with Gasteiger partial charge in [-0.25, -0.2) is 0 Å². The molecule has 1 aliphatic rings. The first-order valence-electron chi connectivity index (χ1n) is 7.19. The molecule has 3 nitrogen and oxygen atoms in total. The molecule has 0 aromatic carbocycles. The van der Waals surface area contributed by atoms with Gasteiger partial charge in [-0.05, 0) is 30.6 Å². The predicted molar refractivity (Wildman–Crippen MR) is 76.2 cm³/mol. The highest BCUT2D eigenvalue weighted by atomic mass is 16.2. The van der Waals surface area contributed by atoms with Crippen LogP contribution in [0.15, 0.2) is 0 Å². The van der Waals surface area contributed by atoms with E-state index in [9.17, 15) is 4.79 Å². The lowest BCUT2D eigenvalue weighted by atomic mass is 9.82. The molecule has 1 N–H and O–H groups in total. The van der Waals surface area contributed by atoms with Crippen LogP contribution >= 0.6 is 0 Å². The Morgan fingerprint density at radius 3 is 2.28 bits per heavy atom. The number of carbonyl (C=O) groups is 1. The van der Waals surface area contributed by atoms with Crippen molar-refractivity contribution in [2.45, 2.75) is 67.1 Å². The van der Waals surface area contributed by atoms with Gasteiger partial charge in [0, 0.05) is 6.54 Å². The van der Waals surface area contributed by atoms with Crippen LogP contribution in [-0.2, 0) is 4.79 Å². The Balaban J connectivity index is 2.65. The van der Waals surface area contributed by atoms with E-state index in [1.54, 1.807) is 0 Å². The van der Waals surface area contributed by atoms with Gasteiger partial charge < -0.3 is 4.90 Å². The molecule has 0 spiro atoms. The van der Waals surface area contributed by atoms with Crippen LogP contribution in [0.1, 0.15) is 54.9 Å². The van der Waals surface area contributed by atoms with E-state index >= 15 is 0 Å². The summed E-state index contributed by atoms with van der Waals surface area (Å²) in [5, 5.41) is 3.42. The highest BCUT2D eigenvalue weighted by Crippen LogP contribution is 2.28. The van der Waals surface area contributed by atoms with E-state index in [0.29, 0.717) is 11.8 Å². The van der Waals surface area contributed by atoms with Gasteiger partial charge in [0.2, 0.25) is 5.91 Å². The van der Waals surface area contributed by atoms with Gasteiger partial charge in [0.1, 0.15) is 0 Å². The maximum absolute atomic E-state index is 12.4. The Hall–Kier alpha value is -0.570. The molecule has 0 aromatic rings. The predicted octanol–water partition coefficient (Wildman–Crippen LogP) is 2.86. The van der Waals surface area contributed by atoms with Gasteiger partial charge in [-0.1, -0.05) is 41.5 Å². The number of amides is 1. The fourth-order valence-electron chi connectivity index (χ4n) is 2.30. The molecule has 1 saturated heterocycles. The van der Waals surface area contributed by atoms with Crippen LogP contribution in [-0.4, -0.2) is 29.6 Å². The Labute approximate surface area is 112 Å². The van der Waals surface area contributed by atoms with E-state index in [1.807, 2.05) is 4.90 Å². The van der Waals surface area contributed by atoms with Crippen molar-refractivity contribution >= 4 is 5.91 Å². The second kappa shape index (κ2) is 5.60. The quantitative estimate of drug-likeness (QED) is 0.836. The smallest absolute Gasteiger partial charge is 0.241 e. The van der Waals surface area contributed by atoms with Gasteiger partial charge in [0.25, 0.3) is 0 Å². The molecule has 1 fully saturated rings. The monoisotopic (exact) mass is 254 g/mol. The zero-order chi connectivity index (χ0) is 14.1. The topological polar surface area (TPSA) is 32.3 Å². The van der Waals surface area contributed by atoms with Gasteiger partial charge in [0.05, 0.1) is 12.2 Å². The van der Waals surface area contributed by atoms with E-state index in [4.69, 9.17) is 0 Å². The van der Waals surface area contributed by atoms with E-state index < -0.39 is 0 Å². The van der Waals surface area contributed by atoms with Crippen molar-refractivity contribution in [1.29, 1.82) is 0 Å². The number of hydrogen-bond donors (Lipinski definition) is 1. The minimum absolute atomic E-state index is 0.0205. The lowest BCUT2D eigenvalue weighted by Crippen LogP contribution is -2.40. The van der Waals surface area contributed by atoms with E-state index in [1.165, 1.54) is 0 Å². The van der Waals surface area contributed by atoms with Crippen LogP contribution < -0.4 is 5.32 Å². The largest absolute Gasteiger partial charge is 0.326 e. The average Bonchev–Trinajstić information content (AvgIpc) is 2.43. The molecule has 18 heavy (non-hydrogen) atoms. The first kappa shape index (κ1) is 15.5. The van der Waals surface area contributed by atoms with Crippen molar-refractivity contribution in [3.05, 3.63) is 0 Å². The van der Waals surface area contributed by atoms with Crippen LogP contribution in [0, 0.1) is 17.3 Å². The number of nitrogens with one attached hydrogen (secondary N) is 1. The lowest BCUT2D eigenvalue weighted by molar-refractivity contribution is -0.131. The summed E-state index contributed by atoms with van der Waals surface area (Å²) < 4.78 is 0. The van der Waals surface area contributed by atoms with Crippen LogP contribution in [0.4, 0.5) is 0 Å². The number of nitrogens with zero attached hydrogens (tertiary/aromatic N) is 1. The summed E-state index contributed by atoms with van der Waals surface area (Å²) in [4.78, 5) is 14.4. The summed E-state index contributed by atoms with van der Waals surface area (Å²) in [6.45, 7) is 16.2. The SMILES string of the molecule is CC(C)CC1NC(C)N(CC(C)C(C)(C)C)C1=O. The highest BCUT2D eigenvalue weighted by Gasteiger charge is 2.38. The lowest BCUT2D eigenvalue weighted by Gasteiger charge is -2.32. The normalized spacial score (nSPS) is 27.1. The first-order valence-corrected chi connectivity index (χ1v) is 7.19. The minimum Gasteiger partial charge on any atom is -0.326 e. The summed E-state index contributed by atoms with van der Waals surface area (Å²) >= 11 is 0. The third kappa shape index (κ3) is 3.71. The standard InChI is InChI=1S/C15H30N2O/c1-10(2)8-13-14(18)17(12(4)16-13)9-11(3)15(5,6)7/h10-13,16H,8-9H2,1-7H3. The Morgan fingerprint density at radius 1 is 1.28 bits per heavy atom. The molecule has 0 aliphatic carbocycles. The third-order valence-electron chi connectivity index (χ3n) is 4.15.